The number of rotatable bonds is 5. The molecule has 5 N–H and O–H groups in total. The molecule has 2 aromatic rings. The highest BCUT2D eigenvalue weighted by atomic mass is 16.3. The van der Waals surface area contributed by atoms with Crippen molar-refractivity contribution in [1.82, 2.24) is 10.3 Å². The van der Waals surface area contributed by atoms with E-state index in [1.807, 2.05) is 0 Å². The Hall–Kier alpha value is -2.22. The molecule has 0 aliphatic heterocycles. The number of carbonyl (C=O) groups is 1. The van der Waals surface area contributed by atoms with Crippen LogP contribution in [-0.4, -0.2) is 51.6 Å². The van der Waals surface area contributed by atoms with Gasteiger partial charge in [0.15, 0.2) is 0 Å². The number of nitrogens with one attached hydrogen (secondary N) is 2. The second-order valence-corrected chi connectivity index (χ2v) is 4.79. The molecule has 0 radical (unpaired) electrons. The average Bonchev–Trinajstić information content (AvgIpc) is 2.53. The molecule has 0 aliphatic carbocycles. The van der Waals surface area contributed by atoms with Crippen molar-refractivity contribution in [2.24, 2.45) is 0 Å². The van der Waals surface area contributed by atoms with E-state index in [2.05, 4.69) is 10.3 Å². The van der Waals surface area contributed by atoms with Gasteiger partial charge >= 0.3 is 0 Å². The molecule has 1 aromatic carbocycles. The van der Waals surface area contributed by atoms with E-state index >= 15 is 0 Å². The summed E-state index contributed by atoms with van der Waals surface area (Å²) in [5.74, 6) is -0.779. The van der Waals surface area contributed by atoms with Crippen LogP contribution >= 0.6 is 0 Å². The third-order valence-electron chi connectivity index (χ3n) is 3.32. The largest absolute Gasteiger partial charge is 0.394 e. The zero-order chi connectivity index (χ0) is 15.5. The standard InChI is InChI=1S/C14H16N2O5/c17-6-14(7-18,8-19)16-13(21)10-5-15-11-4-2-1-3-9(11)12(10)20/h1-5,17-19H,6-8H2,(H,15,20)(H,16,21). The Kier molecular flexibility index (Phi) is 4.37. The van der Waals surface area contributed by atoms with Crippen molar-refractivity contribution < 1.29 is 20.1 Å². The molecule has 21 heavy (non-hydrogen) atoms. The Balaban J connectivity index is 2.40. The van der Waals surface area contributed by atoms with Crippen molar-refractivity contribution in [3.63, 3.8) is 0 Å². The van der Waals surface area contributed by atoms with Crippen molar-refractivity contribution in [3.05, 3.63) is 46.2 Å². The van der Waals surface area contributed by atoms with Crippen molar-refractivity contribution in [1.29, 1.82) is 0 Å². The normalized spacial score (nSPS) is 11.6. The number of para-hydroxylation sites is 1. The van der Waals surface area contributed by atoms with E-state index in [0.29, 0.717) is 10.9 Å². The van der Waals surface area contributed by atoms with Crippen molar-refractivity contribution in [2.45, 2.75) is 5.54 Å². The summed E-state index contributed by atoms with van der Waals surface area (Å²) in [6.07, 6.45) is 1.26. The van der Waals surface area contributed by atoms with Gasteiger partial charge in [-0.3, -0.25) is 9.59 Å². The quantitative estimate of drug-likeness (QED) is 0.482. The summed E-state index contributed by atoms with van der Waals surface area (Å²) in [6.45, 7) is -1.97. The van der Waals surface area contributed by atoms with E-state index in [1.165, 1.54) is 6.20 Å². The van der Waals surface area contributed by atoms with Gasteiger partial charge in [0.2, 0.25) is 5.43 Å². The van der Waals surface area contributed by atoms with Gasteiger partial charge in [-0.05, 0) is 12.1 Å². The molecule has 0 fully saturated rings. The number of carbonyl (C=O) groups excluding carboxylic acids is 1. The average molecular weight is 292 g/mol. The lowest BCUT2D eigenvalue weighted by molar-refractivity contribution is 0.0375. The maximum atomic E-state index is 12.3. The minimum absolute atomic E-state index is 0.159. The van der Waals surface area contributed by atoms with Crippen LogP contribution in [0.4, 0.5) is 0 Å². The molecular formula is C14H16N2O5. The van der Waals surface area contributed by atoms with Gasteiger partial charge in [0.25, 0.3) is 5.91 Å². The number of aliphatic hydroxyl groups is 3. The molecule has 0 bridgehead atoms. The SMILES string of the molecule is O=C(NC(CO)(CO)CO)c1c[nH]c2ccccc2c1=O. The monoisotopic (exact) mass is 292 g/mol. The number of benzene rings is 1. The first-order chi connectivity index (χ1) is 10.1. The lowest BCUT2D eigenvalue weighted by Gasteiger charge is -2.28. The van der Waals surface area contributed by atoms with Gasteiger partial charge in [0.05, 0.1) is 19.8 Å². The number of aromatic nitrogens is 1. The van der Waals surface area contributed by atoms with Crippen LogP contribution in [0.2, 0.25) is 0 Å². The lowest BCUT2D eigenvalue weighted by Crippen LogP contribution is -2.57. The van der Waals surface area contributed by atoms with Crippen molar-refractivity contribution in [2.75, 3.05) is 19.8 Å². The van der Waals surface area contributed by atoms with Crippen LogP contribution in [0.15, 0.2) is 35.3 Å². The molecule has 7 nitrogen and oxygen atoms in total. The van der Waals surface area contributed by atoms with Gasteiger partial charge in [0, 0.05) is 17.1 Å². The third kappa shape index (κ3) is 2.80. The van der Waals surface area contributed by atoms with Gasteiger partial charge in [-0.15, -0.1) is 0 Å². The number of aliphatic hydroxyl groups excluding tert-OH is 3. The summed E-state index contributed by atoms with van der Waals surface area (Å²) < 4.78 is 0. The van der Waals surface area contributed by atoms with Gasteiger partial charge in [0.1, 0.15) is 11.1 Å². The van der Waals surface area contributed by atoms with Crippen LogP contribution in [0.5, 0.6) is 0 Å². The minimum Gasteiger partial charge on any atom is -0.394 e. The molecule has 7 heteroatoms. The van der Waals surface area contributed by atoms with E-state index < -0.39 is 36.7 Å². The summed E-state index contributed by atoms with van der Waals surface area (Å²) in [5, 5.41) is 30.2. The maximum Gasteiger partial charge on any atom is 0.257 e. The molecule has 0 aliphatic rings. The highest BCUT2D eigenvalue weighted by Crippen LogP contribution is 2.08. The van der Waals surface area contributed by atoms with Crippen LogP contribution < -0.4 is 10.7 Å². The molecule has 112 valence electrons. The molecule has 1 heterocycles. The highest BCUT2D eigenvalue weighted by molar-refractivity contribution is 5.97. The van der Waals surface area contributed by atoms with Crippen LogP contribution in [0.25, 0.3) is 10.9 Å². The molecule has 1 amide bonds. The van der Waals surface area contributed by atoms with E-state index in [0.717, 1.165) is 0 Å². The first kappa shape index (κ1) is 15.2. The van der Waals surface area contributed by atoms with Gasteiger partial charge in [-0.25, -0.2) is 0 Å². The van der Waals surface area contributed by atoms with Crippen LogP contribution in [0.1, 0.15) is 10.4 Å². The van der Waals surface area contributed by atoms with E-state index in [9.17, 15) is 24.9 Å². The molecule has 0 atom stereocenters. The Bertz CT molecular complexity index is 698. The van der Waals surface area contributed by atoms with Gasteiger partial charge in [-0.2, -0.15) is 0 Å². The first-order valence-corrected chi connectivity index (χ1v) is 6.32. The lowest BCUT2D eigenvalue weighted by atomic mass is 10.0. The Morgan fingerprint density at radius 3 is 2.38 bits per heavy atom. The molecule has 0 saturated carbocycles. The summed E-state index contributed by atoms with van der Waals surface area (Å²) >= 11 is 0. The first-order valence-electron chi connectivity index (χ1n) is 6.32. The number of fused-ring (bicyclic) bond motifs is 1. The summed E-state index contributed by atoms with van der Waals surface area (Å²) in [5.41, 5.74) is -1.61. The zero-order valence-corrected chi connectivity index (χ0v) is 11.2. The smallest absolute Gasteiger partial charge is 0.257 e. The predicted octanol–water partition coefficient (Wildman–Crippen LogP) is -1.03. The highest BCUT2D eigenvalue weighted by Gasteiger charge is 2.31. The van der Waals surface area contributed by atoms with E-state index in [-0.39, 0.29) is 5.56 Å². The van der Waals surface area contributed by atoms with Gasteiger partial charge in [-0.1, -0.05) is 12.1 Å². The number of pyridine rings is 1. The van der Waals surface area contributed by atoms with Crippen LogP contribution in [0, 0.1) is 0 Å². The minimum atomic E-state index is -1.57. The van der Waals surface area contributed by atoms with Gasteiger partial charge < -0.3 is 25.6 Å². The topological polar surface area (TPSA) is 123 Å². The number of amides is 1. The molecule has 0 saturated heterocycles. The Morgan fingerprint density at radius 2 is 1.76 bits per heavy atom. The van der Waals surface area contributed by atoms with Crippen molar-refractivity contribution >= 4 is 16.8 Å². The summed E-state index contributed by atoms with van der Waals surface area (Å²) in [7, 11) is 0. The molecule has 1 aromatic heterocycles. The van der Waals surface area contributed by atoms with E-state index in [1.54, 1.807) is 24.3 Å². The number of hydrogen-bond acceptors (Lipinski definition) is 5. The van der Waals surface area contributed by atoms with Crippen LogP contribution in [-0.2, 0) is 0 Å². The fourth-order valence-electron chi connectivity index (χ4n) is 1.91. The maximum absolute atomic E-state index is 12.3. The van der Waals surface area contributed by atoms with E-state index in [4.69, 9.17) is 0 Å². The number of aromatic amines is 1. The van der Waals surface area contributed by atoms with Crippen LogP contribution in [0.3, 0.4) is 0 Å². The Labute approximate surface area is 119 Å². The Morgan fingerprint density at radius 1 is 1.14 bits per heavy atom. The fraction of sp³-hybridized carbons (Fsp3) is 0.286. The zero-order valence-electron chi connectivity index (χ0n) is 11.2. The predicted molar refractivity (Wildman–Crippen MR) is 76.0 cm³/mol. The molecular weight excluding hydrogens is 276 g/mol. The number of H-pyrrole nitrogens is 1. The molecule has 2 rings (SSSR count). The second-order valence-electron chi connectivity index (χ2n) is 4.79. The fourth-order valence-corrected chi connectivity index (χ4v) is 1.91. The molecule has 0 unspecified atom stereocenters. The second kappa shape index (κ2) is 6.04. The third-order valence-corrected chi connectivity index (χ3v) is 3.32. The number of hydrogen-bond donors (Lipinski definition) is 5. The van der Waals surface area contributed by atoms with Crippen molar-refractivity contribution in [3.8, 4) is 0 Å². The summed E-state index contributed by atoms with van der Waals surface area (Å²) in [4.78, 5) is 27.2. The summed E-state index contributed by atoms with van der Waals surface area (Å²) in [6, 6.07) is 6.73. The molecule has 0 spiro atoms.